The van der Waals surface area contributed by atoms with E-state index in [1.807, 2.05) is 0 Å². The molecule has 2 aliphatic heterocycles. The number of carboxylic acid groups (broad SMARTS) is 1. The van der Waals surface area contributed by atoms with Crippen molar-refractivity contribution in [3.8, 4) is 5.69 Å². The summed E-state index contributed by atoms with van der Waals surface area (Å²) in [7, 11) is 0. The van der Waals surface area contributed by atoms with E-state index < -0.39 is 36.2 Å². The highest BCUT2D eigenvalue weighted by Crippen LogP contribution is 2.41. The van der Waals surface area contributed by atoms with Crippen LogP contribution in [0.1, 0.15) is 46.3 Å². The summed E-state index contributed by atoms with van der Waals surface area (Å²) >= 11 is 0. The average molecular weight is 499 g/mol. The van der Waals surface area contributed by atoms with E-state index in [1.165, 1.54) is 44.9 Å². The predicted octanol–water partition coefficient (Wildman–Crippen LogP) is 4.74. The third-order valence-electron chi connectivity index (χ3n) is 7.06. The minimum Gasteiger partial charge on any atom is -0.465 e. The van der Waals surface area contributed by atoms with Crippen LogP contribution in [-0.4, -0.2) is 68.8 Å². The maximum Gasteiger partial charge on any atom is 0.407 e. The van der Waals surface area contributed by atoms with E-state index in [-0.39, 0.29) is 31.1 Å². The number of piperidine rings is 1. The number of amides is 2. The first kappa shape index (κ1) is 23.9. The molecule has 10 heteroatoms. The Morgan fingerprint density at radius 3 is 2.28 bits per heavy atom. The molecule has 7 nitrogen and oxygen atoms in total. The van der Waals surface area contributed by atoms with Gasteiger partial charge in [-0.2, -0.15) is 5.10 Å². The largest absolute Gasteiger partial charge is 0.465 e. The summed E-state index contributed by atoms with van der Waals surface area (Å²) in [6.07, 6.45) is 1.26. The zero-order valence-electron chi connectivity index (χ0n) is 19.4. The lowest BCUT2D eigenvalue weighted by molar-refractivity contribution is -0.00243. The van der Waals surface area contributed by atoms with Crippen molar-refractivity contribution < 1.29 is 27.9 Å². The number of aromatic nitrogens is 2. The molecule has 1 atom stereocenters. The van der Waals surface area contributed by atoms with E-state index in [0.717, 1.165) is 0 Å². The van der Waals surface area contributed by atoms with Gasteiger partial charge in [0, 0.05) is 25.6 Å². The summed E-state index contributed by atoms with van der Waals surface area (Å²) in [6, 6.07) is 14.0. The molecule has 2 aromatic carbocycles. The smallest absolute Gasteiger partial charge is 0.407 e. The van der Waals surface area contributed by atoms with Crippen molar-refractivity contribution in [3.05, 3.63) is 83.4 Å². The van der Waals surface area contributed by atoms with E-state index in [2.05, 4.69) is 5.10 Å². The van der Waals surface area contributed by atoms with Gasteiger partial charge in [-0.25, -0.2) is 22.6 Å². The van der Waals surface area contributed by atoms with Gasteiger partial charge in [0.15, 0.2) is 0 Å². The molecule has 0 radical (unpaired) electrons. The lowest BCUT2D eigenvalue weighted by Crippen LogP contribution is -2.38. The first-order valence-corrected chi connectivity index (χ1v) is 11.8. The van der Waals surface area contributed by atoms with Gasteiger partial charge in [-0.15, -0.1) is 0 Å². The van der Waals surface area contributed by atoms with E-state index in [0.29, 0.717) is 29.8 Å². The van der Waals surface area contributed by atoms with Crippen LogP contribution in [0.15, 0.2) is 60.8 Å². The van der Waals surface area contributed by atoms with Crippen LogP contribution < -0.4 is 0 Å². The molecule has 36 heavy (non-hydrogen) atoms. The van der Waals surface area contributed by atoms with E-state index in [9.17, 15) is 27.9 Å². The molecule has 0 spiro atoms. The Morgan fingerprint density at radius 1 is 0.972 bits per heavy atom. The second-order valence-electron chi connectivity index (χ2n) is 9.29. The second-order valence-corrected chi connectivity index (χ2v) is 9.29. The number of hydrogen-bond donors (Lipinski definition) is 1. The van der Waals surface area contributed by atoms with Crippen molar-refractivity contribution >= 4 is 12.0 Å². The first-order valence-electron chi connectivity index (χ1n) is 11.8. The Morgan fingerprint density at radius 2 is 1.64 bits per heavy atom. The molecule has 1 unspecified atom stereocenters. The van der Waals surface area contributed by atoms with Gasteiger partial charge in [-0.1, -0.05) is 30.3 Å². The number of likely N-dealkylation sites (tertiary alicyclic amines) is 2. The van der Waals surface area contributed by atoms with Crippen molar-refractivity contribution in [1.82, 2.24) is 19.6 Å². The zero-order valence-corrected chi connectivity index (χ0v) is 19.4. The minimum atomic E-state index is -3.09. The molecule has 3 heterocycles. The molecule has 188 valence electrons. The summed E-state index contributed by atoms with van der Waals surface area (Å²) in [4.78, 5) is 27.5. The second kappa shape index (κ2) is 9.33. The first-order chi connectivity index (χ1) is 17.2. The van der Waals surface area contributed by atoms with Crippen LogP contribution in [0.3, 0.4) is 0 Å². The number of carbonyl (C=O) groups excluding carboxylic acids is 1. The Kier molecular flexibility index (Phi) is 6.19. The molecule has 0 bridgehead atoms. The summed E-state index contributed by atoms with van der Waals surface area (Å²) in [5.41, 5.74) is 1.74. The molecule has 2 amide bonds. The van der Waals surface area contributed by atoms with Gasteiger partial charge in [-0.05, 0) is 42.7 Å². The van der Waals surface area contributed by atoms with Gasteiger partial charge in [0.1, 0.15) is 5.82 Å². The quantitative estimate of drug-likeness (QED) is 0.564. The molecule has 0 saturated carbocycles. The van der Waals surface area contributed by atoms with Crippen LogP contribution in [0.2, 0.25) is 0 Å². The Hall–Kier alpha value is -3.82. The third kappa shape index (κ3) is 4.43. The van der Waals surface area contributed by atoms with Crippen LogP contribution in [0.5, 0.6) is 0 Å². The average Bonchev–Trinajstić information content (AvgIpc) is 3.45. The van der Waals surface area contributed by atoms with Gasteiger partial charge < -0.3 is 14.9 Å². The number of nitrogens with zero attached hydrogens (tertiary/aromatic N) is 4. The molecular weight excluding hydrogens is 473 g/mol. The maximum atomic E-state index is 15.0. The fourth-order valence-corrected chi connectivity index (χ4v) is 5.19. The van der Waals surface area contributed by atoms with Crippen LogP contribution in [-0.2, 0) is 0 Å². The summed E-state index contributed by atoms with van der Waals surface area (Å²) < 4.78 is 45.1. The summed E-state index contributed by atoms with van der Waals surface area (Å²) in [5.74, 6) is -5.39. The normalized spacial score (nSPS) is 20.0. The topological polar surface area (TPSA) is 78.7 Å². The molecule has 2 saturated heterocycles. The SMILES string of the molecule is O=C(O)N1CCC(c2c(C(=O)N3CC(c4ccccc4)C(F)(F)C3)cnn2-c2ccc(F)cc2)CC1. The molecule has 3 aromatic rings. The predicted molar refractivity (Wildman–Crippen MR) is 125 cm³/mol. The number of hydrogen-bond acceptors (Lipinski definition) is 3. The lowest BCUT2D eigenvalue weighted by Gasteiger charge is -2.31. The van der Waals surface area contributed by atoms with E-state index >= 15 is 0 Å². The van der Waals surface area contributed by atoms with E-state index in [1.54, 1.807) is 30.3 Å². The number of benzene rings is 2. The fraction of sp³-hybridized carbons (Fsp3) is 0.346. The minimum absolute atomic E-state index is 0.130. The van der Waals surface area contributed by atoms with Crippen LogP contribution in [0.25, 0.3) is 5.69 Å². The molecular formula is C26H25F3N4O3. The zero-order chi connectivity index (χ0) is 25.4. The summed E-state index contributed by atoms with van der Waals surface area (Å²) in [5, 5.41) is 13.7. The van der Waals surface area contributed by atoms with Gasteiger partial charge in [0.25, 0.3) is 11.8 Å². The number of carbonyl (C=O) groups is 2. The third-order valence-corrected chi connectivity index (χ3v) is 7.06. The molecule has 2 fully saturated rings. The standard InChI is InChI=1S/C26H25F3N4O3/c27-19-6-8-20(9-7-19)33-23(18-10-12-31(13-11-18)25(35)36)21(14-30-33)24(34)32-15-22(26(28,29)16-32)17-4-2-1-3-5-17/h1-9,14,18,22H,10-13,15-16H2,(H,35,36). The highest BCUT2D eigenvalue weighted by atomic mass is 19.3. The maximum absolute atomic E-state index is 15.0. The summed E-state index contributed by atoms with van der Waals surface area (Å²) in [6.45, 7) is -0.279. The van der Waals surface area contributed by atoms with Crippen LogP contribution in [0, 0.1) is 5.82 Å². The Bertz CT molecular complexity index is 1260. The number of halogens is 3. The Balaban J connectivity index is 1.48. The van der Waals surface area contributed by atoms with Crippen molar-refractivity contribution in [2.75, 3.05) is 26.2 Å². The van der Waals surface area contributed by atoms with Gasteiger partial charge in [0.2, 0.25) is 0 Å². The van der Waals surface area contributed by atoms with Crippen molar-refractivity contribution in [2.45, 2.75) is 30.6 Å². The van der Waals surface area contributed by atoms with Gasteiger partial charge >= 0.3 is 6.09 Å². The molecule has 1 N–H and O–H groups in total. The molecule has 5 rings (SSSR count). The number of rotatable bonds is 4. The van der Waals surface area contributed by atoms with Crippen molar-refractivity contribution in [1.29, 1.82) is 0 Å². The molecule has 0 aliphatic carbocycles. The van der Waals surface area contributed by atoms with Crippen LogP contribution >= 0.6 is 0 Å². The van der Waals surface area contributed by atoms with Crippen molar-refractivity contribution in [2.24, 2.45) is 0 Å². The molecule has 2 aliphatic rings. The van der Waals surface area contributed by atoms with Gasteiger partial charge in [0.05, 0.1) is 35.6 Å². The van der Waals surface area contributed by atoms with E-state index in [4.69, 9.17) is 0 Å². The highest BCUT2D eigenvalue weighted by molar-refractivity contribution is 5.96. The van der Waals surface area contributed by atoms with Crippen LogP contribution in [0.4, 0.5) is 18.0 Å². The van der Waals surface area contributed by atoms with Gasteiger partial charge in [-0.3, -0.25) is 4.79 Å². The Labute approximate surface area is 205 Å². The molecule has 1 aromatic heterocycles. The monoisotopic (exact) mass is 498 g/mol. The highest BCUT2D eigenvalue weighted by Gasteiger charge is 2.50. The fourth-order valence-electron chi connectivity index (χ4n) is 5.19. The number of alkyl halides is 2. The van der Waals surface area contributed by atoms with Crippen molar-refractivity contribution in [3.63, 3.8) is 0 Å². The lowest BCUT2D eigenvalue weighted by atomic mass is 9.90.